The van der Waals surface area contributed by atoms with Crippen molar-refractivity contribution >= 4 is 16.9 Å². The quantitative estimate of drug-likeness (QED) is 0.337. The number of benzene rings is 1. The van der Waals surface area contributed by atoms with Crippen molar-refractivity contribution in [2.24, 2.45) is 0 Å². The van der Waals surface area contributed by atoms with E-state index < -0.39 is 46.0 Å². The van der Waals surface area contributed by atoms with Gasteiger partial charge in [0.25, 0.3) is 5.60 Å². The summed E-state index contributed by atoms with van der Waals surface area (Å²) in [6, 6.07) is 3.23. The second-order valence-electron chi connectivity index (χ2n) is 7.24. The molecule has 0 radical (unpaired) electrons. The maximum Gasteiger partial charge on any atom is 0.430 e. The summed E-state index contributed by atoms with van der Waals surface area (Å²) in [5.74, 6) is -0.120. The SMILES string of the molecule is CCCCOC(c1ccc(C2(S(=O)O)CCC(=O)CC2)cc1)(C(F)(F)F)C(F)(F)F. The summed E-state index contributed by atoms with van der Waals surface area (Å²) < 4.78 is 107. The van der Waals surface area contributed by atoms with Gasteiger partial charge in [-0.1, -0.05) is 37.6 Å². The van der Waals surface area contributed by atoms with E-state index in [0.717, 1.165) is 12.1 Å². The maximum atomic E-state index is 13.7. The van der Waals surface area contributed by atoms with Gasteiger partial charge < -0.3 is 9.29 Å². The molecule has 0 aromatic heterocycles. The van der Waals surface area contributed by atoms with Gasteiger partial charge in [0.05, 0.1) is 4.75 Å². The highest BCUT2D eigenvalue weighted by molar-refractivity contribution is 7.80. The molecular weight excluding hydrogens is 438 g/mol. The van der Waals surface area contributed by atoms with Crippen molar-refractivity contribution in [3.05, 3.63) is 35.4 Å². The van der Waals surface area contributed by atoms with Crippen molar-refractivity contribution in [3.63, 3.8) is 0 Å². The van der Waals surface area contributed by atoms with Crippen molar-refractivity contribution in [3.8, 4) is 0 Å². The van der Waals surface area contributed by atoms with Crippen LogP contribution in [-0.4, -0.2) is 33.5 Å². The molecule has 1 aromatic carbocycles. The molecule has 1 unspecified atom stereocenters. The van der Waals surface area contributed by atoms with Gasteiger partial charge in [-0.25, -0.2) is 4.21 Å². The Hall–Kier alpha value is -1.46. The smallest absolute Gasteiger partial charge is 0.354 e. The lowest BCUT2D eigenvalue weighted by Gasteiger charge is -2.38. The average Bonchev–Trinajstić information content (AvgIpc) is 2.64. The molecular formula is C19H22F6O4S. The molecule has 0 aliphatic heterocycles. The van der Waals surface area contributed by atoms with E-state index in [2.05, 4.69) is 4.74 Å². The third-order valence-electron chi connectivity index (χ3n) is 5.38. The minimum Gasteiger partial charge on any atom is -0.354 e. The molecule has 1 atom stereocenters. The highest BCUT2D eigenvalue weighted by atomic mass is 32.2. The number of carbonyl (C=O) groups excluding carboxylic acids is 1. The second kappa shape index (κ2) is 8.96. The Morgan fingerprint density at radius 3 is 1.93 bits per heavy atom. The number of unbranched alkanes of at least 4 members (excludes halogenated alkanes) is 1. The number of hydrogen-bond acceptors (Lipinski definition) is 3. The molecule has 1 fully saturated rings. The maximum absolute atomic E-state index is 13.7. The first-order valence-electron chi connectivity index (χ1n) is 9.33. The molecule has 2 rings (SSSR count). The summed E-state index contributed by atoms with van der Waals surface area (Å²) in [5.41, 5.74) is -5.57. The number of halogens is 6. The molecule has 170 valence electrons. The van der Waals surface area contributed by atoms with E-state index >= 15 is 0 Å². The van der Waals surface area contributed by atoms with Crippen LogP contribution in [0.1, 0.15) is 56.6 Å². The Morgan fingerprint density at radius 1 is 1.03 bits per heavy atom. The first kappa shape index (κ1) is 24.8. The zero-order valence-electron chi connectivity index (χ0n) is 16.1. The van der Waals surface area contributed by atoms with Crippen LogP contribution in [0.15, 0.2) is 24.3 Å². The average molecular weight is 460 g/mol. The fourth-order valence-electron chi connectivity index (χ4n) is 3.61. The van der Waals surface area contributed by atoms with E-state index in [1.54, 1.807) is 6.92 Å². The Bertz CT molecular complexity index is 749. The van der Waals surface area contributed by atoms with E-state index in [-0.39, 0.29) is 43.5 Å². The zero-order valence-corrected chi connectivity index (χ0v) is 16.9. The topological polar surface area (TPSA) is 63.6 Å². The second-order valence-corrected chi connectivity index (χ2v) is 8.52. The van der Waals surface area contributed by atoms with Crippen LogP contribution in [0.2, 0.25) is 0 Å². The third-order valence-corrected chi connectivity index (χ3v) is 6.69. The highest BCUT2D eigenvalue weighted by Gasteiger charge is 2.73. The Labute approximate surface area is 172 Å². The Kier molecular flexibility index (Phi) is 7.41. The van der Waals surface area contributed by atoms with Crippen molar-refractivity contribution in [2.75, 3.05) is 6.61 Å². The van der Waals surface area contributed by atoms with Gasteiger partial charge >= 0.3 is 12.4 Å². The number of ether oxygens (including phenoxy) is 1. The molecule has 0 saturated heterocycles. The van der Waals surface area contributed by atoms with E-state index in [4.69, 9.17) is 0 Å². The summed E-state index contributed by atoms with van der Waals surface area (Å²) in [6.07, 6.45) is -11.3. The highest BCUT2D eigenvalue weighted by Crippen LogP contribution is 2.53. The predicted octanol–water partition coefficient (Wildman–Crippen LogP) is 5.38. The van der Waals surface area contributed by atoms with Gasteiger partial charge in [-0.2, -0.15) is 26.3 Å². The summed E-state index contributed by atoms with van der Waals surface area (Å²) in [7, 11) is 0. The molecule has 0 spiro atoms. The van der Waals surface area contributed by atoms with Crippen molar-refractivity contribution in [2.45, 2.75) is 68.1 Å². The van der Waals surface area contributed by atoms with Gasteiger partial charge in [0.2, 0.25) is 0 Å². The summed E-state index contributed by atoms with van der Waals surface area (Å²) in [6.45, 7) is 0.856. The van der Waals surface area contributed by atoms with Crippen LogP contribution in [0.4, 0.5) is 26.3 Å². The Balaban J connectivity index is 2.54. The molecule has 1 saturated carbocycles. The van der Waals surface area contributed by atoms with Gasteiger partial charge in [0.15, 0.2) is 11.1 Å². The van der Waals surface area contributed by atoms with Gasteiger partial charge in [0, 0.05) is 25.0 Å². The van der Waals surface area contributed by atoms with Crippen molar-refractivity contribution in [1.29, 1.82) is 0 Å². The molecule has 11 heteroatoms. The lowest BCUT2D eigenvalue weighted by Crippen LogP contribution is -2.56. The van der Waals surface area contributed by atoms with Crippen LogP contribution in [0.3, 0.4) is 0 Å². The van der Waals surface area contributed by atoms with Crippen LogP contribution in [0, 0.1) is 0 Å². The lowest BCUT2D eigenvalue weighted by molar-refractivity contribution is -0.389. The van der Waals surface area contributed by atoms with E-state index in [1.165, 1.54) is 0 Å². The minimum absolute atomic E-state index is 0.00319. The van der Waals surface area contributed by atoms with Gasteiger partial charge in [-0.3, -0.25) is 4.79 Å². The van der Waals surface area contributed by atoms with E-state index in [1.807, 2.05) is 0 Å². The number of ketones is 1. The molecule has 1 aliphatic rings. The molecule has 0 heterocycles. The van der Waals surface area contributed by atoms with Crippen molar-refractivity contribution < 1.29 is 44.6 Å². The molecule has 1 aromatic rings. The fraction of sp³-hybridized carbons (Fsp3) is 0.632. The molecule has 1 N–H and O–H groups in total. The van der Waals surface area contributed by atoms with Crippen molar-refractivity contribution in [1.82, 2.24) is 0 Å². The van der Waals surface area contributed by atoms with E-state index in [0.29, 0.717) is 18.6 Å². The first-order chi connectivity index (χ1) is 13.8. The number of hydrogen-bond donors (Lipinski definition) is 1. The van der Waals surface area contributed by atoms with Crippen LogP contribution in [0.25, 0.3) is 0 Å². The van der Waals surface area contributed by atoms with Crippen LogP contribution in [-0.2, 0) is 31.0 Å². The first-order valence-corrected chi connectivity index (χ1v) is 10.4. The van der Waals surface area contributed by atoms with Crippen LogP contribution < -0.4 is 0 Å². The number of carbonyl (C=O) groups is 1. The van der Waals surface area contributed by atoms with Gasteiger partial charge in [-0.05, 0) is 24.8 Å². The minimum atomic E-state index is -5.78. The third kappa shape index (κ3) is 4.43. The molecule has 0 bridgehead atoms. The number of alkyl halides is 6. The van der Waals surface area contributed by atoms with E-state index in [9.17, 15) is 39.9 Å². The Morgan fingerprint density at radius 2 is 1.53 bits per heavy atom. The predicted molar refractivity (Wildman–Crippen MR) is 97.0 cm³/mol. The van der Waals surface area contributed by atoms with Gasteiger partial charge in [-0.15, -0.1) is 0 Å². The van der Waals surface area contributed by atoms with Gasteiger partial charge in [0.1, 0.15) is 5.78 Å². The largest absolute Gasteiger partial charge is 0.430 e. The number of rotatable bonds is 7. The van der Waals surface area contributed by atoms with Crippen LogP contribution in [0.5, 0.6) is 0 Å². The normalized spacial score (nSPS) is 19.0. The van der Waals surface area contributed by atoms with Crippen LogP contribution >= 0.6 is 0 Å². The zero-order chi connectivity index (χ0) is 22.8. The summed E-state index contributed by atoms with van der Waals surface area (Å²) in [5, 5.41) is 0. The standard InChI is InChI=1S/C19H22F6O4S/c1-2-3-12-29-17(18(20,21)22,19(23,24)25)14-6-4-13(5-7-14)16(30(27)28)10-8-15(26)9-11-16/h4-7H,2-3,8-12H2,1H3,(H,27,28). The summed E-state index contributed by atoms with van der Waals surface area (Å²) in [4.78, 5) is 11.5. The molecule has 4 nitrogen and oxygen atoms in total. The molecule has 0 amide bonds. The monoisotopic (exact) mass is 460 g/mol. The number of Topliss-reactive ketones (excluding diaryl/α,β-unsaturated/α-hetero) is 1. The lowest BCUT2D eigenvalue weighted by atomic mass is 9.81. The summed E-state index contributed by atoms with van der Waals surface area (Å²) >= 11 is -2.47. The molecule has 1 aliphatic carbocycles. The fourth-order valence-corrected chi connectivity index (χ4v) is 4.50. The molecule has 30 heavy (non-hydrogen) atoms.